The van der Waals surface area contributed by atoms with E-state index in [9.17, 15) is 9.59 Å². The molecule has 0 aliphatic carbocycles. The van der Waals surface area contributed by atoms with E-state index in [1.165, 1.54) is 6.92 Å². The van der Waals surface area contributed by atoms with Crippen molar-refractivity contribution in [2.45, 2.75) is 12.2 Å². The van der Waals surface area contributed by atoms with Gasteiger partial charge < -0.3 is 0 Å². The Morgan fingerprint density at radius 3 is 2.53 bits per heavy atom. The number of ketones is 2. The van der Waals surface area contributed by atoms with Crippen LogP contribution in [0.2, 0.25) is 0 Å². The molecule has 1 aliphatic heterocycles. The van der Waals surface area contributed by atoms with E-state index in [0.717, 1.165) is 5.56 Å². The first-order valence-electron chi connectivity index (χ1n) is 4.91. The van der Waals surface area contributed by atoms with Gasteiger partial charge in [-0.3, -0.25) is 9.59 Å². The number of benzene rings is 1. The molecule has 0 amide bonds. The molecule has 2 unspecified atom stereocenters. The number of carbonyl (C=O) groups is 2. The summed E-state index contributed by atoms with van der Waals surface area (Å²) >= 11 is 1.57. The first-order chi connectivity index (χ1) is 7.20. The Bertz CT molecular complexity index is 386. The molecule has 0 spiro atoms. The van der Waals surface area contributed by atoms with E-state index in [-0.39, 0.29) is 22.7 Å². The highest BCUT2D eigenvalue weighted by molar-refractivity contribution is 8.00. The largest absolute Gasteiger partial charge is 0.299 e. The summed E-state index contributed by atoms with van der Waals surface area (Å²) in [7, 11) is 0. The van der Waals surface area contributed by atoms with Gasteiger partial charge >= 0.3 is 0 Å². The Morgan fingerprint density at radius 1 is 1.33 bits per heavy atom. The Balaban J connectivity index is 2.21. The molecule has 3 heteroatoms. The molecule has 15 heavy (non-hydrogen) atoms. The van der Waals surface area contributed by atoms with Crippen LogP contribution in [-0.2, 0) is 9.59 Å². The van der Waals surface area contributed by atoms with Gasteiger partial charge in [-0.25, -0.2) is 0 Å². The van der Waals surface area contributed by atoms with Crippen molar-refractivity contribution in [1.82, 2.24) is 0 Å². The molecule has 1 fully saturated rings. The van der Waals surface area contributed by atoms with Gasteiger partial charge in [0.2, 0.25) is 0 Å². The van der Waals surface area contributed by atoms with Crippen molar-refractivity contribution in [3.63, 3.8) is 0 Å². The summed E-state index contributed by atoms with van der Waals surface area (Å²) in [6.45, 7) is 1.50. The number of rotatable bonds is 2. The van der Waals surface area contributed by atoms with Crippen molar-refractivity contribution in [3.8, 4) is 0 Å². The number of thioether (sulfide) groups is 1. The third kappa shape index (κ3) is 1.97. The van der Waals surface area contributed by atoms with Crippen LogP contribution in [0.15, 0.2) is 30.3 Å². The van der Waals surface area contributed by atoms with Gasteiger partial charge in [0.1, 0.15) is 5.78 Å². The Labute approximate surface area is 93.1 Å². The van der Waals surface area contributed by atoms with Gasteiger partial charge in [0.05, 0.1) is 11.2 Å². The fraction of sp³-hybridized carbons (Fsp3) is 0.333. The average molecular weight is 220 g/mol. The first-order valence-corrected chi connectivity index (χ1v) is 5.96. The molecule has 1 aliphatic rings. The van der Waals surface area contributed by atoms with Crippen LogP contribution < -0.4 is 0 Å². The summed E-state index contributed by atoms with van der Waals surface area (Å²) in [4.78, 5) is 23.1. The van der Waals surface area contributed by atoms with E-state index >= 15 is 0 Å². The minimum Gasteiger partial charge on any atom is -0.299 e. The highest BCUT2D eigenvalue weighted by Gasteiger charge is 2.38. The molecule has 2 nitrogen and oxygen atoms in total. The second-order valence-electron chi connectivity index (χ2n) is 3.69. The van der Waals surface area contributed by atoms with Crippen LogP contribution in [-0.4, -0.2) is 17.3 Å². The topological polar surface area (TPSA) is 34.1 Å². The zero-order valence-electron chi connectivity index (χ0n) is 8.47. The molecule has 0 bridgehead atoms. The monoisotopic (exact) mass is 220 g/mol. The predicted octanol–water partition coefficient (Wildman–Crippen LogP) is 2.25. The molecule has 2 rings (SSSR count). The molecule has 0 aromatic heterocycles. The van der Waals surface area contributed by atoms with Gasteiger partial charge in [-0.05, 0) is 12.5 Å². The third-order valence-corrected chi connectivity index (χ3v) is 3.99. The maximum Gasteiger partial charge on any atom is 0.161 e. The van der Waals surface area contributed by atoms with E-state index in [4.69, 9.17) is 0 Å². The van der Waals surface area contributed by atoms with E-state index in [1.54, 1.807) is 11.8 Å². The van der Waals surface area contributed by atoms with Crippen molar-refractivity contribution in [1.29, 1.82) is 0 Å². The highest BCUT2D eigenvalue weighted by Crippen LogP contribution is 2.40. The van der Waals surface area contributed by atoms with Crippen molar-refractivity contribution < 1.29 is 9.59 Å². The van der Waals surface area contributed by atoms with Gasteiger partial charge in [0.15, 0.2) is 5.78 Å². The minimum atomic E-state index is -0.389. The van der Waals surface area contributed by atoms with Gasteiger partial charge in [-0.1, -0.05) is 30.3 Å². The maximum absolute atomic E-state index is 11.9. The van der Waals surface area contributed by atoms with Crippen LogP contribution in [0.5, 0.6) is 0 Å². The number of Topliss-reactive ketones (excluding diaryl/α,β-unsaturated/α-hetero) is 2. The van der Waals surface area contributed by atoms with Crippen LogP contribution in [0.4, 0.5) is 0 Å². The van der Waals surface area contributed by atoms with Gasteiger partial charge in [0.25, 0.3) is 0 Å². The lowest BCUT2D eigenvalue weighted by atomic mass is 9.97. The number of hydrogen-bond acceptors (Lipinski definition) is 3. The number of carbonyl (C=O) groups excluding carboxylic acids is 2. The fourth-order valence-corrected chi connectivity index (χ4v) is 3.21. The Kier molecular flexibility index (Phi) is 2.91. The van der Waals surface area contributed by atoms with Crippen LogP contribution in [0.3, 0.4) is 0 Å². The fourth-order valence-electron chi connectivity index (χ4n) is 1.75. The first kappa shape index (κ1) is 10.4. The zero-order valence-corrected chi connectivity index (χ0v) is 9.29. The van der Waals surface area contributed by atoms with E-state index in [1.807, 2.05) is 30.3 Å². The molecule has 0 saturated carbocycles. The Morgan fingerprint density at radius 2 is 2.00 bits per heavy atom. The lowest BCUT2D eigenvalue weighted by Gasteiger charge is -2.07. The molecular weight excluding hydrogens is 208 g/mol. The number of hydrogen-bond donors (Lipinski definition) is 0. The predicted molar refractivity (Wildman–Crippen MR) is 60.8 cm³/mol. The molecule has 78 valence electrons. The lowest BCUT2D eigenvalue weighted by molar-refractivity contribution is -0.129. The molecular formula is C12H12O2S. The van der Waals surface area contributed by atoms with Gasteiger partial charge in [-0.2, -0.15) is 0 Å². The maximum atomic E-state index is 11.9. The van der Waals surface area contributed by atoms with E-state index in [0.29, 0.717) is 5.75 Å². The average Bonchev–Trinajstić information content (AvgIpc) is 2.61. The molecule has 1 aromatic rings. The molecule has 1 saturated heterocycles. The smallest absolute Gasteiger partial charge is 0.161 e. The Hall–Kier alpha value is -1.09. The molecule has 0 N–H and O–H groups in total. The molecule has 1 heterocycles. The summed E-state index contributed by atoms with van der Waals surface area (Å²) in [5.41, 5.74) is 1.01. The van der Waals surface area contributed by atoms with Crippen molar-refractivity contribution in [3.05, 3.63) is 35.9 Å². The van der Waals surface area contributed by atoms with Crippen LogP contribution in [0.1, 0.15) is 17.7 Å². The van der Waals surface area contributed by atoms with Crippen molar-refractivity contribution >= 4 is 23.3 Å². The SMILES string of the molecule is CC(=O)C1CSC(c2ccccc2)C1=O. The second-order valence-corrected chi connectivity index (χ2v) is 4.83. The van der Waals surface area contributed by atoms with E-state index < -0.39 is 0 Å². The zero-order chi connectivity index (χ0) is 10.8. The molecule has 1 aromatic carbocycles. The molecule has 2 atom stereocenters. The third-order valence-electron chi connectivity index (χ3n) is 2.62. The molecule has 0 radical (unpaired) electrons. The van der Waals surface area contributed by atoms with Crippen LogP contribution >= 0.6 is 11.8 Å². The summed E-state index contributed by atoms with van der Waals surface area (Å²) in [6.07, 6.45) is 0. The van der Waals surface area contributed by atoms with E-state index in [2.05, 4.69) is 0 Å². The quantitative estimate of drug-likeness (QED) is 0.717. The summed E-state index contributed by atoms with van der Waals surface area (Å²) in [5, 5.41) is -0.139. The summed E-state index contributed by atoms with van der Waals surface area (Å²) in [6, 6.07) is 9.65. The summed E-state index contributed by atoms with van der Waals surface area (Å²) in [5.74, 6) is 0.304. The minimum absolute atomic E-state index is 0.00840. The van der Waals surface area contributed by atoms with Gasteiger partial charge in [0, 0.05) is 5.75 Å². The summed E-state index contributed by atoms with van der Waals surface area (Å²) < 4.78 is 0. The van der Waals surface area contributed by atoms with Crippen molar-refractivity contribution in [2.75, 3.05) is 5.75 Å². The standard InChI is InChI=1S/C12H12O2S/c1-8(13)10-7-15-12(11(10)14)9-5-3-2-4-6-9/h2-6,10,12H,7H2,1H3. The van der Waals surface area contributed by atoms with Crippen LogP contribution in [0.25, 0.3) is 0 Å². The second kappa shape index (κ2) is 4.19. The van der Waals surface area contributed by atoms with Crippen LogP contribution in [0, 0.1) is 5.92 Å². The lowest BCUT2D eigenvalue weighted by Crippen LogP contribution is -2.20. The van der Waals surface area contributed by atoms with Gasteiger partial charge in [-0.15, -0.1) is 11.8 Å². The van der Waals surface area contributed by atoms with Crippen molar-refractivity contribution in [2.24, 2.45) is 5.92 Å². The highest BCUT2D eigenvalue weighted by atomic mass is 32.2. The normalized spacial score (nSPS) is 25.5.